The Morgan fingerprint density at radius 1 is 1.25 bits per heavy atom. The Balaban J connectivity index is 2.36. The van der Waals surface area contributed by atoms with Crippen molar-refractivity contribution in [2.24, 2.45) is 10.4 Å². The van der Waals surface area contributed by atoms with Crippen LogP contribution >= 0.6 is 0 Å². The van der Waals surface area contributed by atoms with Gasteiger partial charge in [-0.05, 0) is 18.6 Å². The highest BCUT2D eigenvalue weighted by Crippen LogP contribution is 2.09. The van der Waals surface area contributed by atoms with Crippen LogP contribution in [0.25, 0.3) is 0 Å². The molecule has 0 saturated carbocycles. The SMILES string of the molecule is CCCON=Nc1ccccc1. The highest BCUT2D eigenvalue weighted by molar-refractivity contribution is 5.34. The molecule has 3 nitrogen and oxygen atoms in total. The molecule has 0 N–H and O–H groups in total. The third-order valence-corrected chi connectivity index (χ3v) is 1.27. The number of hydrogen-bond acceptors (Lipinski definition) is 3. The predicted octanol–water partition coefficient (Wildman–Crippen LogP) is 3.11. The average molecular weight is 164 g/mol. The van der Waals surface area contributed by atoms with Crippen LogP contribution in [-0.4, -0.2) is 6.61 Å². The first kappa shape index (κ1) is 8.71. The number of hydrogen-bond donors (Lipinski definition) is 0. The van der Waals surface area contributed by atoms with Crippen molar-refractivity contribution in [3.8, 4) is 0 Å². The van der Waals surface area contributed by atoms with E-state index in [0.29, 0.717) is 6.61 Å². The number of rotatable bonds is 4. The summed E-state index contributed by atoms with van der Waals surface area (Å²) in [6, 6.07) is 9.51. The van der Waals surface area contributed by atoms with Crippen LogP contribution in [-0.2, 0) is 4.84 Å². The molecule has 0 atom stereocenters. The second-order valence-corrected chi connectivity index (χ2v) is 2.35. The molecule has 0 fully saturated rings. The summed E-state index contributed by atoms with van der Waals surface area (Å²) in [4.78, 5) is 4.85. The van der Waals surface area contributed by atoms with E-state index in [0.717, 1.165) is 12.1 Å². The highest BCUT2D eigenvalue weighted by atomic mass is 16.6. The first-order valence-electron chi connectivity index (χ1n) is 4.01. The summed E-state index contributed by atoms with van der Waals surface area (Å²) in [6.45, 7) is 2.65. The summed E-state index contributed by atoms with van der Waals surface area (Å²) in [5.41, 5.74) is 0.814. The van der Waals surface area contributed by atoms with E-state index in [1.54, 1.807) is 0 Å². The van der Waals surface area contributed by atoms with Crippen molar-refractivity contribution in [2.75, 3.05) is 6.61 Å². The summed E-state index contributed by atoms with van der Waals surface area (Å²) < 4.78 is 0. The average Bonchev–Trinajstić information content (AvgIpc) is 2.14. The van der Waals surface area contributed by atoms with Gasteiger partial charge in [-0.1, -0.05) is 25.1 Å². The van der Waals surface area contributed by atoms with E-state index in [1.165, 1.54) is 0 Å². The van der Waals surface area contributed by atoms with Crippen LogP contribution in [0.1, 0.15) is 13.3 Å². The third-order valence-electron chi connectivity index (χ3n) is 1.27. The lowest BCUT2D eigenvalue weighted by molar-refractivity contribution is 0.126. The smallest absolute Gasteiger partial charge is 0.118 e. The molecule has 0 aromatic heterocycles. The fourth-order valence-electron chi connectivity index (χ4n) is 0.703. The van der Waals surface area contributed by atoms with E-state index in [2.05, 4.69) is 10.4 Å². The molecule has 0 spiro atoms. The minimum absolute atomic E-state index is 0.621. The van der Waals surface area contributed by atoms with Gasteiger partial charge in [0, 0.05) is 5.28 Å². The first-order valence-corrected chi connectivity index (χ1v) is 4.01. The van der Waals surface area contributed by atoms with E-state index in [9.17, 15) is 0 Å². The Hall–Kier alpha value is -1.38. The molecule has 1 aromatic carbocycles. The maximum atomic E-state index is 4.85. The van der Waals surface area contributed by atoms with Crippen molar-refractivity contribution in [1.29, 1.82) is 0 Å². The molecule has 0 saturated heterocycles. The normalized spacial score (nSPS) is 10.4. The molecular formula is C9H12N2O. The van der Waals surface area contributed by atoms with Crippen LogP contribution in [0.15, 0.2) is 40.7 Å². The number of nitrogens with zero attached hydrogens (tertiary/aromatic N) is 2. The summed E-state index contributed by atoms with van der Waals surface area (Å²) in [7, 11) is 0. The molecule has 3 heteroatoms. The van der Waals surface area contributed by atoms with Crippen LogP contribution in [0.3, 0.4) is 0 Å². The van der Waals surface area contributed by atoms with Crippen molar-refractivity contribution in [3.63, 3.8) is 0 Å². The van der Waals surface area contributed by atoms with Crippen LogP contribution in [0.2, 0.25) is 0 Å². The lowest BCUT2D eigenvalue weighted by Gasteiger charge is -1.92. The van der Waals surface area contributed by atoms with E-state index >= 15 is 0 Å². The number of benzene rings is 1. The van der Waals surface area contributed by atoms with Gasteiger partial charge in [0.25, 0.3) is 0 Å². The molecule has 0 aliphatic rings. The van der Waals surface area contributed by atoms with Crippen LogP contribution in [0.5, 0.6) is 0 Å². The van der Waals surface area contributed by atoms with E-state index < -0.39 is 0 Å². The second-order valence-electron chi connectivity index (χ2n) is 2.35. The van der Waals surface area contributed by atoms with Gasteiger partial charge >= 0.3 is 0 Å². The standard InChI is InChI=1S/C9H12N2O/c1-2-8-12-11-10-9-6-4-3-5-7-9/h3-7H,2,8H2,1H3. The Kier molecular flexibility index (Phi) is 3.84. The van der Waals surface area contributed by atoms with Gasteiger partial charge in [0.2, 0.25) is 0 Å². The molecule has 0 amide bonds. The van der Waals surface area contributed by atoms with E-state index in [-0.39, 0.29) is 0 Å². The van der Waals surface area contributed by atoms with Gasteiger partial charge in [0.1, 0.15) is 6.61 Å². The van der Waals surface area contributed by atoms with Gasteiger partial charge in [-0.2, -0.15) is 0 Å². The van der Waals surface area contributed by atoms with Gasteiger partial charge < -0.3 is 4.84 Å². The largest absolute Gasteiger partial charge is 0.379 e. The molecule has 0 aliphatic heterocycles. The van der Waals surface area contributed by atoms with Crippen molar-refractivity contribution < 1.29 is 4.84 Å². The topological polar surface area (TPSA) is 34.0 Å². The van der Waals surface area contributed by atoms with Crippen LogP contribution in [0.4, 0.5) is 5.69 Å². The molecule has 1 aromatic rings. The molecule has 0 aliphatic carbocycles. The molecule has 0 unspecified atom stereocenters. The molecule has 0 heterocycles. The lowest BCUT2D eigenvalue weighted by atomic mass is 10.3. The van der Waals surface area contributed by atoms with Crippen LogP contribution < -0.4 is 0 Å². The van der Waals surface area contributed by atoms with Crippen molar-refractivity contribution in [1.82, 2.24) is 0 Å². The molecule has 12 heavy (non-hydrogen) atoms. The van der Waals surface area contributed by atoms with Crippen LogP contribution in [0, 0.1) is 0 Å². The van der Waals surface area contributed by atoms with E-state index in [4.69, 9.17) is 4.84 Å². The highest BCUT2D eigenvalue weighted by Gasteiger charge is 1.83. The molecular weight excluding hydrogens is 152 g/mol. The molecule has 0 bridgehead atoms. The molecule has 0 radical (unpaired) electrons. The Labute approximate surface area is 72.0 Å². The minimum Gasteiger partial charge on any atom is -0.379 e. The quantitative estimate of drug-likeness (QED) is 0.382. The zero-order chi connectivity index (χ0) is 8.65. The Morgan fingerprint density at radius 2 is 2.00 bits per heavy atom. The predicted molar refractivity (Wildman–Crippen MR) is 47.2 cm³/mol. The fraction of sp³-hybridized carbons (Fsp3) is 0.333. The first-order chi connectivity index (χ1) is 5.93. The van der Waals surface area contributed by atoms with E-state index in [1.807, 2.05) is 37.3 Å². The zero-order valence-electron chi connectivity index (χ0n) is 7.10. The summed E-state index contributed by atoms with van der Waals surface area (Å²) in [5, 5.41) is 7.40. The summed E-state index contributed by atoms with van der Waals surface area (Å²) in [5.74, 6) is 0. The molecule has 64 valence electrons. The van der Waals surface area contributed by atoms with Gasteiger partial charge in [-0.25, -0.2) is 0 Å². The summed E-state index contributed by atoms with van der Waals surface area (Å²) >= 11 is 0. The Morgan fingerprint density at radius 3 is 2.67 bits per heavy atom. The zero-order valence-corrected chi connectivity index (χ0v) is 7.10. The monoisotopic (exact) mass is 164 g/mol. The Bertz CT molecular complexity index is 234. The summed E-state index contributed by atoms with van der Waals surface area (Å²) in [6.07, 6.45) is 0.952. The van der Waals surface area contributed by atoms with Gasteiger partial charge in [0.05, 0.1) is 5.69 Å². The van der Waals surface area contributed by atoms with Gasteiger partial charge in [0.15, 0.2) is 0 Å². The maximum absolute atomic E-state index is 4.85. The van der Waals surface area contributed by atoms with Gasteiger partial charge in [-0.3, -0.25) is 0 Å². The fourth-order valence-corrected chi connectivity index (χ4v) is 0.703. The van der Waals surface area contributed by atoms with Gasteiger partial charge in [-0.15, -0.1) is 5.11 Å². The van der Waals surface area contributed by atoms with Crippen molar-refractivity contribution >= 4 is 5.69 Å². The maximum Gasteiger partial charge on any atom is 0.118 e. The van der Waals surface area contributed by atoms with Crippen molar-refractivity contribution in [3.05, 3.63) is 30.3 Å². The van der Waals surface area contributed by atoms with Crippen molar-refractivity contribution in [2.45, 2.75) is 13.3 Å². The minimum atomic E-state index is 0.621. The second kappa shape index (κ2) is 5.29. The lowest BCUT2D eigenvalue weighted by Crippen LogP contribution is -1.80. The third kappa shape index (κ3) is 3.14. The molecule has 1 rings (SSSR count).